The Bertz CT molecular complexity index is 536. The van der Waals surface area contributed by atoms with Gasteiger partial charge >= 0.3 is 0 Å². The highest BCUT2D eigenvalue weighted by Crippen LogP contribution is 2.22. The van der Waals surface area contributed by atoms with Gasteiger partial charge in [-0.2, -0.15) is 5.10 Å². The van der Waals surface area contributed by atoms with Gasteiger partial charge in [-0.25, -0.2) is 4.98 Å². The summed E-state index contributed by atoms with van der Waals surface area (Å²) >= 11 is 0. The molecule has 1 N–H and O–H groups in total. The van der Waals surface area contributed by atoms with Crippen LogP contribution in [0.1, 0.15) is 32.9 Å². The summed E-state index contributed by atoms with van der Waals surface area (Å²) in [6.07, 6.45) is 4.76. The minimum Gasteiger partial charge on any atom is -0.473 e. The largest absolute Gasteiger partial charge is 0.473 e. The predicted octanol–water partition coefficient (Wildman–Crippen LogP) is 3.09. The number of anilines is 1. The summed E-state index contributed by atoms with van der Waals surface area (Å²) < 4.78 is 7.72. The van der Waals surface area contributed by atoms with Gasteiger partial charge < -0.3 is 10.1 Å². The van der Waals surface area contributed by atoms with Gasteiger partial charge in [-0.3, -0.25) is 4.68 Å². The van der Waals surface area contributed by atoms with Crippen molar-refractivity contribution in [3.8, 4) is 5.88 Å². The topological polar surface area (TPSA) is 52.0 Å². The number of nitrogens with zero attached hydrogens (tertiary/aromatic N) is 3. The first-order valence-electron chi connectivity index (χ1n) is 7.07. The second kappa shape index (κ2) is 6.93. The number of pyridine rings is 1. The molecule has 5 nitrogen and oxygen atoms in total. The fraction of sp³-hybridized carbons (Fsp3) is 0.467. The number of hydrogen-bond acceptors (Lipinski definition) is 4. The molecule has 0 unspecified atom stereocenters. The predicted molar refractivity (Wildman–Crippen MR) is 79.8 cm³/mol. The Hall–Kier alpha value is -2.04. The van der Waals surface area contributed by atoms with Crippen LogP contribution >= 0.6 is 0 Å². The average Bonchev–Trinajstić information content (AvgIpc) is 2.85. The van der Waals surface area contributed by atoms with Crippen LogP contribution in [0.3, 0.4) is 0 Å². The molecule has 2 aromatic heterocycles. The highest BCUT2D eigenvalue weighted by molar-refractivity contribution is 5.52. The normalized spacial score (nSPS) is 10.8. The lowest BCUT2D eigenvalue weighted by Gasteiger charge is -2.14. The van der Waals surface area contributed by atoms with Crippen molar-refractivity contribution in [3.05, 3.63) is 36.3 Å². The summed E-state index contributed by atoms with van der Waals surface area (Å²) in [7, 11) is 0. The maximum Gasteiger partial charge on any atom is 0.237 e. The lowest BCUT2D eigenvalue weighted by Crippen LogP contribution is -2.12. The molecule has 0 radical (unpaired) electrons. The number of rotatable bonds is 7. The summed E-state index contributed by atoms with van der Waals surface area (Å²) in [6, 6.07) is 5.91. The van der Waals surface area contributed by atoms with Crippen molar-refractivity contribution in [1.82, 2.24) is 14.8 Å². The van der Waals surface area contributed by atoms with Crippen molar-refractivity contribution >= 4 is 5.69 Å². The molecule has 0 aromatic carbocycles. The summed E-state index contributed by atoms with van der Waals surface area (Å²) in [4.78, 5) is 4.27. The van der Waals surface area contributed by atoms with Crippen LogP contribution in [0.5, 0.6) is 5.88 Å². The lowest BCUT2D eigenvalue weighted by molar-refractivity contribution is 0.234. The third kappa shape index (κ3) is 3.73. The summed E-state index contributed by atoms with van der Waals surface area (Å²) in [5, 5.41) is 7.69. The average molecular weight is 274 g/mol. The Morgan fingerprint density at radius 2 is 2.15 bits per heavy atom. The SMILES string of the molecule is CCCn1nccc1CNc1cccnc1OC(C)C. The molecule has 2 aromatic rings. The minimum absolute atomic E-state index is 0.107. The van der Waals surface area contributed by atoms with E-state index in [4.69, 9.17) is 4.74 Å². The number of hydrogen-bond donors (Lipinski definition) is 1. The highest BCUT2D eigenvalue weighted by atomic mass is 16.5. The van der Waals surface area contributed by atoms with E-state index < -0.39 is 0 Å². The number of nitrogens with one attached hydrogen (secondary N) is 1. The van der Waals surface area contributed by atoms with Crippen molar-refractivity contribution < 1.29 is 4.74 Å². The fourth-order valence-electron chi connectivity index (χ4n) is 1.95. The second-order valence-electron chi connectivity index (χ2n) is 4.92. The van der Waals surface area contributed by atoms with Gasteiger partial charge in [0, 0.05) is 18.9 Å². The van der Waals surface area contributed by atoms with Crippen LogP contribution in [0.2, 0.25) is 0 Å². The van der Waals surface area contributed by atoms with Gasteiger partial charge in [-0.15, -0.1) is 0 Å². The molecule has 20 heavy (non-hydrogen) atoms. The van der Waals surface area contributed by atoms with Gasteiger partial charge in [0.1, 0.15) is 0 Å². The zero-order valence-corrected chi connectivity index (χ0v) is 12.3. The smallest absolute Gasteiger partial charge is 0.237 e. The van der Waals surface area contributed by atoms with Crippen LogP contribution in [0.15, 0.2) is 30.6 Å². The van der Waals surface area contributed by atoms with Crippen LogP contribution in [-0.4, -0.2) is 20.9 Å². The summed E-state index contributed by atoms with van der Waals surface area (Å²) in [5.74, 6) is 0.643. The van der Waals surface area contributed by atoms with Gasteiger partial charge in [0.2, 0.25) is 5.88 Å². The van der Waals surface area contributed by atoms with E-state index in [-0.39, 0.29) is 6.10 Å². The molecule has 0 aliphatic rings. The molecular formula is C15H22N4O. The van der Waals surface area contributed by atoms with Crippen LogP contribution in [0, 0.1) is 0 Å². The van der Waals surface area contributed by atoms with Gasteiger partial charge in [0.05, 0.1) is 24.0 Å². The van der Waals surface area contributed by atoms with Crippen LogP contribution < -0.4 is 10.1 Å². The molecule has 5 heteroatoms. The monoisotopic (exact) mass is 274 g/mol. The van der Waals surface area contributed by atoms with E-state index in [0.717, 1.165) is 24.3 Å². The van der Waals surface area contributed by atoms with Crippen molar-refractivity contribution in [2.45, 2.75) is 46.4 Å². The molecule has 0 spiro atoms. The zero-order valence-electron chi connectivity index (χ0n) is 12.3. The Labute approximate surface area is 120 Å². The van der Waals surface area contributed by atoms with Crippen molar-refractivity contribution in [2.75, 3.05) is 5.32 Å². The van der Waals surface area contributed by atoms with Crippen molar-refractivity contribution in [1.29, 1.82) is 0 Å². The number of aryl methyl sites for hydroxylation is 1. The standard InChI is InChI=1S/C15H22N4O/c1-4-10-19-13(7-9-18-19)11-17-14-6-5-8-16-15(14)20-12(2)3/h5-9,12,17H,4,10-11H2,1-3H3. The molecule has 0 fully saturated rings. The maximum atomic E-state index is 5.70. The van der Waals surface area contributed by atoms with E-state index in [0.29, 0.717) is 12.4 Å². The first kappa shape index (κ1) is 14.4. The molecule has 0 atom stereocenters. The summed E-state index contributed by atoms with van der Waals surface area (Å²) in [6.45, 7) is 7.78. The molecule has 0 saturated heterocycles. The first-order chi connectivity index (χ1) is 9.70. The Morgan fingerprint density at radius 1 is 1.30 bits per heavy atom. The third-order valence-corrected chi connectivity index (χ3v) is 2.82. The Balaban J connectivity index is 2.05. The molecular weight excluding hydrogens is 252 g/mol. The zero-order chi connectivity index (χ0) is 14.4. The van der Waals surface area contributed by atoms with Crippen LogP contribution in [0.25, 0.3) is 0 Å². The molecule has 0 bridgehead atoms. The molecule has 108 valence electrons. The molecule has 0 aliphatic carbocycles. The molecule has 0 saturated carbocycles. The molecule has 0 aliphatic heterocycles. The van der Waals surface area contributed by atoms with Gasteiger partial charge in [-0.05, 0) is 38.5 Å². The van der Waals surface area contributed by atoms with E-state index in [1.54, 1.807) is 6.20 Å². The van der Waals surface area contributed by atoms with Gasteiger partial charge in [0.25, 0.3) is 0 Å². The Kier molecular flexibility index (Phi) is 4.98. The summed E-state index contributed by atoms with van der Waals surface area (Å²) in [5.41, 5.74) is 2.07. The van der Waals surface area contributed by atoms with Crippen molar-refractivity contribution in [2.24, 2.45) is 0 Å². The van der Waals surface area contributed by atoms with E-state index in [2.05, 4.69) is 22.3 Å². The van der Waals surface area contributed by atoms with Crippen molar-refractivity contribution in [3.63, 3.8) is 0 Å². The van der Waals surface area contributed by atoms with Crippen LogP contribution in [0.4, 0.5) is 5.69 Å². The second-order valence-corrected chi connectivity index (χ2v) is 4.92. The minimum atomic E-state index is 0.107. The quantitative estimate of drug-likeness (QED) is 0.843. The highest BCUT2D eigenvalue weighted by Gasteiger charge is 2.07. The maximum absolute atomic E-state index is 5.70. The van der Waals surface area contributed by atoms with Gasteiger partial charge in [-0.1, -0.05) is 6.92 Å². The van der Waals surface area contributed by atoms with E-state index in [1.165, 1.54) is 0 Å². The van der Waals surface area contributed by atoms with Gasteiger partial charge in [0.15, 0.2) is 0 Å². The number of aromatic nitrogens is 3. The number of ether oxygens (including phenoxy) is 1. The lowest BCUT2D eigenvalue weighted by atomic mass is 10.3. The van der Waals surface area contributed by atoms with E-state index in [1.807, 2.05) is 42.9 Å². The van der Waals surface area contributed by atoms with Crippen LogP contribution in [-0.2, 0) is 13.1 Å². The molecule has 0 amide bonds. The Morgan fingerprint density at radius 3 is 2.90 bits per heavy atom. The third-order valence-electron chi connectivity index (χ3n) is 2.82. The fourth-order valence-corrected chi connectivity index (χ4v) is 1.95. The molecule has 2 heterocycles. The first-order valence-corrected chi connectivity index (χ1v) is 7.07. The van der Waals surface area contributed by atoms with E-state index >= 15 is 0 Å². The van der Waals surface area contributed by atoms with E-state index in [9.17, 15) is 0 Å². The molecule has 2 rings (SSSR count).